The molecule has 2 heterocycles. The number of hydrogen-bond donors (Lipinski definition) is 0. The Morgan fingerprint density at radius 2 is 1.54 bits per heavy atom. The molecule has 1 saturated heterocycles. The van der Waals surface area contributed by atoms with Crippen LogP contribution in [0.2, 0.25) is 0 Å². The maximum absolute atomic E-state index is 13.1. The Morgan fingerprint density at radius 1 is 1.00 bits per heavy atom. The molecular formula is C16H18BF3N2O2-. The van der Waals surface area contributed by atoms with Gasteiger partial charge < -0.3 is 9.31 Å². The van der Waals surface area contributed by atoms with Gasteiger partial charge in [-0.05, 0) is 45.9 Å². The van der Waals surface area contributed by atoms with Crippen molar-refractivity contribution in [3.05, 3.63) is 42.1 Å². The lowest BCUT2D eigenvalue weighted by atomic mass is 9.84. The maximum atomic E-state index is 13.1. The molecule has 0 atom stereocenters. The van der Waals surface area contributed by atoms with E-state index in [1.807, 2.05) is 27.7 Å². The predicted molar refractivity (Wildman–Crippen MR) is 84.3 cm³/mol. The number of nitrogens with zero attached hydrogens (tertiary/aromatic N) is 2. The average Bonchev–Trinajstić information content (AvgIpc) is 2.99. The summed E-state index contributed by atoms with van der Waals surface area (Å²) in [6, 6.07) is 9.60. The number of alkyl halides is 3. The van der Waals surface area contributed by atoms with E-state index in [1.54, 1.807) is 30.3 Å². The minimum Gasteiger partial charge on any atom is -0.579 e. The van der Waals surface area contributed by atoms with E-state index in [1.165, 1.54) is 4.68 Å². The van der Waals surface area contributed by atoms with E-state index in [0.29, 0.717) is 5.69 Å². The zero-order chi connectivity index (χ0) is 17.8. The lowest BCUT2D eigenvalue weighted by molar-refractivity contribution is -0.141. The van der Waals surface area contributed by atoms with Crippen LogP contribution in [0.15, 0.2) is 36.4 Å². The molecule has 0 aliphatic carbocycles. The van der Waals surface area contributed by atoms with Gasteiger partial charge in [0.05, 0.1) is 5.69 Å². The smallest absolute Gasteiger partial charge is 0.435 e. The van der Waals surface area contributed by atoms with Gasteiger partial charge in [0, 0.05) is 11.2 Å². The van der Waals surface area contributed by atoms with Crippen molar-refractivity contribution in [1.29, 1.82) is 0 Å². The van der Waals surface area contributed by atoms with E-state index in [0.717, 1.165) is 6.07 Å². The topological polar surface area (TPSA) is 36.3 Å². The first-order valence-electron chi connectivity index (χ1n) is 7.59. The third-order valence-corrected chi connectivity index (χ3v) is 4.52. The zero-order valence-electron chi connectivity index (χ0n) is 13.9. The largest absolute Gasteiger partial charge is 0.579 e. The highest BCUT2D eigenvalue weighted by atomic mass is 19.4. The van der Waals surface area contributed by atoms with Crippen molar-refractivity contribution in [2.75, 3.05) is 0 Å². The number of rotatable bonds is 2. The summed E-state index contributed by atoms with van der Waals surface area (Å²) in [6.45, 7) is 7.39. The van der Waals surface area contributed by atoms with Crippen molar-refractivity contribution >= 4 is 12.7 Å². The highest BCUT2D eigenvalue weighted by Crippen LogP contribution is 2.37. The number of halogens is 3. The number of aromatic nitrogens is 2. The van der Waals surface area contributed by atoms with Crippen molar-refractivity contribution in [3.8, 4) is 5.69 Å². The second kappa shape index (κ2) is 5.36. The molecule has 1 aromatic carbocycles. The van der Waals surface area contributed by atoms with Crippen LogP contribution in [0, 0.1) is 0 Å². The quantitative estimate of drug-likeness (QED) is 0.789. The normalized spacial score (nSPS) is 20.5. The molecule has 1 fully saturated rings. The Labute approximate surface area is 138 Å². The van der Waals surface area contributed by atoms with Crippen LogP contribution in [0.4, 0.5) is 13.2 Å². The minimum absolute atomic E-state index is 0.215. The maximum Gasteiger partial charge on any atom is 0.435 e. The molecule has 0 amide bonds. The molecule has 1 radical (unpaired) electrons. The Hall–Kier alpha value is -1.80. The van der Waals surface area contributed by atoms with E-state index in [2.05, 4.69) is 5.10 Å². The van der Waals surface area contributed by atoms with Gasteiger partial charge in [0.1, 0.15) is 0 Å². The Bertz CT molecular complexity index is 726. The molecule has 1 aliphatic heterocycles. The second-order valence-corrected chi connectivity index (χ2v) is 6.79. The molecule has 0 saturated carbocycles. The van der Waals surface area contributed by atoms with Crippen LogP contribution in [-0.4, -0.2) is 28.1 Å². The van der Waals surface area contributed by atoms with Gasteiger partial charge >= 0.3 is 6.18 Å². The fourth-order valence-electron chi connectivity index (χ4n) is 2.44. The highest BCUT2D eigenvalue weighted by molar-refractivity contribution is 6.61. The Morgan fingerprint density at radius 3 is 2.04 bits per heavy atom. The SMILES string of the molecule is CC1(C)O[B-](c2cc(C(F)(F)F)nn2-c2ccccc2)OC1(C)C. The lowest BCUT2D eigenvalue weighted by Gasteiger charge is -2.37. The van der Waals surface area contributed by atoms with Crippen LogP contribution >= 0.6 is 0 Å². The molecule has 1 aromatic heterocycles. The predicted octanol–water partition coefficient (Wildman–Crippen LogP) is 3.19. The molecule has 8 heteroatoms. The molecule has 129 valence electrons. The molecular weight excluding hydrogens is 320 g/mol. The first-order valence-corrected chi connectivity index (χ1v) is 7.59. The van der Waals surface area contributed by atoms with Gasteiger partial charge in [-0.15, -0.1) is 0 Å². The summed E-state index contributed by atoms with van der Waals surface area (Å²) in [7, 11) is -0.932. The standard InChI is InChI=1S/C16H18BF3N2O2/c1-14(2)15(3,4)24-17(23-14)13-10-12(16(18,19)20)21-22(13)11-8-6-5-7-9-11/h5-10H,1-4H3/q-1. The van der Waals surface area contributed by atoms with Gasteiger partial charge in [-0.25, -0.2) is 0 Å². The fraction of sp³-hybridized carbons (Fsp3) is 0.438. The van der Waals surface area contributed by atoms with Gasteiger partial charge in [-0.1, -0.05) is 23.8 Å². The molecule has 4 nitrogen and oxygen atoms in total. The summed E-state index contributed by atoms with van der Waals surface area (Å²) >= 11 is 0. The second-order valence-electron chi connectivity index (χ2n) is 6.79. The van der Waals surface area contributed by atoms with Crippen LogP contribution in [-0.2, 0) is 15.5 Å². The minimum atomic E-state index is -4.54. The number of benzene rings is 1. The fourth-order valence-corrected chi connectivity index (χ4v) is 2.44. The lowest BCUT2D eigenvalue weighted by Crippen LogP contribution is -2.41. The first-order chi connectivity index (χ1) is 11.0. The number of para-hydroxylation sites is 1. The molecule has 0 spiro atoms. The van der Waals surface area contributed by atoms with Gasteiger partial charge in [0.2, 0.25) is 0 Å². The molecule has 24 heavy (non-hydrogen) atoms. The van der Waals surface area contributed by atoms with E-state index in [4.69, 9.17) is 9.31 Å². The molecule has 1 aliphatic rings. The monoisotopic (exact) mass is 338 g/mol. The third kappa shape index (κ3) is 2.84. The Kier molecular flexibility index (Phi) is 3.80. The van der Waals surface area contributed by atoms with E-state index in [9.17, 15) is 13.2 Å². The molecule has 0 unspecified atom stereocenters. The van der Waals surface area contributed by atoms with Gasteiger partial charge in [0.25, 0.3) is 0 Å². The van der Waals surface area contributed by atoms with E-state index in [-0.39, 0.29) is 5.59 Å². The van der Waals surface area contributed by atoms with Crippen LogP contribution in [0.25, 0.3) is 5.69 Å². The van der Waals surface area contributed by atoms with Crippen LogP contribution in [0.3, 0.4) is 0 Å². The highest BCUT2D eigenvalue weighted by Gasteiger charge is 2.44. The van der Waals surface area contributed by atoms with Gasteiger partial charge in [-0.3, -0.25) is 4.68 Å². The summed E-state index contributed by atoms with van der Waals surface area (Å²) in [5, 5.41) is 3.72. The van der Waals surface area contributed by atoms with Crippen molar-refractivity contribution < 1.29 is 22.5 Å². The van der Waals surface area contributed by atoms with Crippen molar-refractivity contribution in [2.45, 2.75) is 45.1 Å². The summed E-state index contributed by atoms with van der Waals surface area (Å²) < 4.78 is 52.4. The van der Waals surface area contributed by atoms with Crippen molar-refractivity contribution in [2.24, 2.45) is 0 Å². The molecule has 0 N–H and O–H groups in total. The van der Waals surface area contributed by atoms with E-state index < -0.39 is 30.2 Å². The first kappa shape index (κ1) is 17.0. The summed E-state index contributed by atoms with van der Waals surface area (Å²) in [5.74, 6) is 0. The summed E-state index contributed by atoms with van der Waals surface area (Å²) in [6.07, 6.45) is -4.54. The van der Waals surface area contributed by atoms with Gasteiger partial charge in [-0.2, -0.15) is 18.3 Å². The van der Waals surface area contributed by atoms with Gasteiger partial charge in [0.15, 0.2) is 12.8 Å². The average molecular weight is 338 g/mol. The number of hydrogen-bond acceptors (Lipinski definition) is 3. The van der Waals surface area contributed by atoms with Crippen LogP contribution in [0.1, 0.15) is 33.4 Å². The Balaban J connectivity index is 2.09. The van der Waals surface area contributed by atoms with Crippen molar-refractivity contribution in [3.63, 3.8) is 0 Å². The summed E-state index contributed by atoms with van der Waals surface area (Å²) in [4.78, 5) is 0. The summed E-state index contributed by atoms with van der Waals surface area (Å²) in [5.41, 5.74) is -1.55. The third-order valence-electron chi connectivity index (χ3n) is 4.52. The van der Waals surface area contributed by atoms with Crippen LogP contribution in [0.5, 0.6) is 0 Å². The molecule has 2 aromatic rings. The van der Waals surface area contributed by atoms with E-state index >= 15 is 0 Å². The van der Waals surface area contributed by atoms with Crippen LogP contribution < -0.4 is 5.59 Å². The zero-order valence-corrected chi connectivity index (χ0v) is 13.9. The van der Waals surface area contributed by atoms with Crippen molar-refractivity contribution in [1.82, 2.24) is 9.78 Å². The molecule has 3 rings (SSSR count). The molecule has 0 bridgehead atoms.